The highest BCUT2D eigenvalue weighted by Gasteiger charge is 2.20. The van der Waals surface area contributed by atoms with Crippen LogP contribution >= 0.6 is 11.6 Å². The van der Waals surface area contributed by atoms with Gasteiger partial charge < -0.3 is 5.32 Å². The molecule has 1 atom stereocenters. The average Bonchev–Trinajstić information content (AvgIpc) is 2.61. The Balaban J connectivity index is 2.30. The lowest BCUT2D eigenvalue weighted by atomic mass is 9.93. The predicted molar refractivity (Wildman–Crippen MR) is 78.3 cm³/mol. The van der Waals surface area contributed by atoms with E-state index in [0.717, 1.165) is 5.02 Å². The van der Waals surface area contributed by atoms with Gasteiger partial charge in [-0.1, -0.05) is 42.3 Å². The van der Waals surface area contributed by atoms with Crippen molar-refractivity contribution in [3.63, 3.8) is 0 Å². The number of aryl methyl sites for hydroxylation is 1. The highest BCUT2D eigenvalue weighted by Crippen LogP contribution is 2.37. The van der Waals surface area contributed by atoms with Crippen LogP contribution in [-0.4, -0.2) is 7.05 Å². The van der Waals surface area contributed by atoms with Crippen molar-refractivity contribution < 1.29 is 0 Å². The van der Waals surface area contributed by atoms with Crippen LogP contribution in [0.4, 0.5) is 0 Å². The van der Waals surface area contributed by atoms with Crippen molar-refractivity contribution in [3.05, 3.63) is 46.5 Å². The van der Waals surface area contributed by atoms with E-state index in [4.69, 9.17) is 11.6 Å². The van der Waals surface area contributed by atoms with Crippen molar-refractivity contribution in [1.29, 1.82) is 0 Å². The van der Waals surface area contributed by atoms with Crippen molar-refractivity contribution in [1.82, 2.24) is 5.32 Å². The van der Waals surface area contributed by atoms with Crippen LogP contribution in [0.1, 0.15) is 36.4 Å². The molecule has 1 unspecified atom stereocenters. The van der Waals surface area contributed by atoms with Gasteiger partial charge in [0.15, 0.2) is 0 Å². The Hall–Kier alpha value is -1.05. The number of benzene rings is 2. The molecule has 2 aromatic rings. The van der Waals surface area contributed by atoms with Crippen molar-refractivity contribution >= 4 is 22.4 Å². The lowest BCUT2D eigenvalue weighted by Gasteiger charge is -2.19. The van der Waals surface area contributed by atoms with Crippen molar-refractivity contribution in [2.75, 3.05) is 7.05 Å². The zero-order valence-electron chi connectivity index (χ0n) is 10.7. The summed E-state index contributed by atoms with van der Waals surface area (Å²) in [7, 11) is 2.04. The fourth-order valence-electron chi connectivity index (χ4n) is 3.11. The molecule has 0 aromatic heterocycles. The predicted octanol–water partition coefficient (Wildman–Crippen LogP) is 4.48. The van der Waals surface area contributed by atoms with E-state index in [2.05, 4.69) is 35.6 Å². The summed E-state index contributed by atoms with van der Waals surface area (Å²) in [6.45, 7) is 0. The standard InChI is InChI=1S/C16H18ClN/c1-18-16-9-5-4-7-12-11-6-2-3-8-13(11)15(17)10-14(12)16/h2-3,6,8,10,16,18H,4-5,7,9H2,1H3. The quantitative estimate of drug-likeness (QED) is 0.745. The minimum absolute atomic E-state index is 0.449. The average molecular weight is 260 g/mol. The van der Waals surface area contributed by atoms with Gasteiger partial charge >= 0.3 is 0 Å². The van der Waals surface area contributed by atoms with Crippen LogP contribution in [0.2, 0.25) is 5.02 Å². The van der Waals surface area contributed by atoms with Gasteiger partial charge in [-0.05, 0) is 48.9 Å². The Morgan fingerprint density at radius 1 is 1.17 bits per heavy atom. The lowest BCUT2D eigenvalue weighted by Crippen LogP contribution is -2.16. The number of hydrogen-bond donors (Lipinski definition) is 1. The van der Waals surface area contributed by atoms with Gasteiger partial charge in [0.2, 0.25) is 0 Å². The second-order valence-corrected chi connectivity index (χ2v) is 5.47. The number of nitrogens with one attached hydrogen (secondary N) is 1. The van der Waals surface area contributed by atoms with Gasteiger partial charge in [-0.3, -0.25) is 0 Å². The summed E-state index contributed by atoms with van der Waals surface area (Å²) in [5.74, 6) is 0. The normalized spacial score (nSPS) is 19.6. The molecule has 0 heterocycles. The van der Waals surface area contributed by atoms with Crippen molar-refractivity contribution in [2.45, 2.75) is 31.7 Å². The third kappa shape index (κ3) is 1.92. The Bertz CT molecular complexity index is 577. The molecular weight excluding hydrogens is 242 g/mol. The highest BCUT2D eigenvalue weighted by molar-refractivity contribution is 6.35. The van der Waals surface area contributed by atoms with Crippen LogP contribution in [0.5, 0.6) is 0 Å². The summed E-state index contributed by atoms with van der Waals surface area (Å²) < 4.78 is 0. The molecule has 1 nitrogen and oxygen atoms in total. The molecule has 1 aliphatic carbocycles. The Morgan fingerprint density at radius 2 is 1.94 bits per heavy atom. The molecule has 0 saturated carbocycles. The fraction of sp³-hybridized carbons (Fsp3) is 0.375. The molecule has 0 amide bonds. The van der Waals surface area contributed by atoms with E-state index in [1.165, 1.54) is 47.6 Å². The first-order valence-electron chi connectivity index (χ1n) is 6.68. The molecular formula is C16H18ClN. The molecule has 0 spiro atoms. The zero-order valence-corrected chi connectivity index (χ0v) is 11.4. The number of rotatable bonds is 1. The first kappa shape index (κ1) is 12.0. The third-order valence-electron chi connectivity index (χ3n) is 4.03. The maximum atomic E-state index is 6.44. The molecule has 0 radical (unpaired) electrons. The summed E-state index contributed by atoms with van der Waals surface area (Å²) in [5, 5.41) is 6.84. The maximum absolute atomic E-state index is 6.44. The van der Waals surface area contributed by atoms with E-state index in [9.17, 15) is 0 Å². The van der Waals surface area contributed by atoms with Gasteiger partial charge in [0.05, 0.1) is 0 Å². The molecule has 18 heavy (non-hydrogen) atoms. The summed E-state index contributed by atoms with van der Waals surface area (Å²) in [5.41, 5.74) is 2.89. The van der Waals surface area contributed by atoms with Gasteiger partial charge in [0.25, 0.3) is 0 Å². The number of fused-ring (bicyclic) bond motifs is 3. The molecule has 1 aliphatic rings. The third-order valence-corrected chi connectivity index (χ3v) is 4.35. The topological polar surface area (TPSA) is 12.0 Å². The lowest BCUT2D eigenvalue weighted by molar-refractivity contribution is 0.533. The van der Waals surface area contributed by atoms with Crippen LogP contribution in [0.15, 0.2) is 30.3 Å². The van der Waals surface area contributed by atoms with Crippen molar-refractivity contribution in [3.8, 4) is 0 Å². The highest BCUT2D eigenvalue weighted by atomic mass is 35.5. The molecule has 3 rings (SSSR count). The van der Waals surface area contributed by atoms with E-state index in [0.29, 0.717) is 6.04 Å². The van der Waals surface area contributed by atoms with E-state index in [1.54, 1.807) is 0 Å². The number of hydrogen-bond acceptors (Lipinski definition) is 1. The van der Waals surface area contributed by atoms with Crippen molar-refractivity contribution in [2.24, 2.45) is 0 Å². The van der Waals surface area contributed by atoms with E-state index >= 15 is 0 Å². The minimum atomic E-state index is 0.449. The van der Waals surface area contributed by atoms with E-state index in [-0.39, 0.29) is 0 Å². The van der Waals surface area contributed by atoms with Gasteiger partial charge in [0.1, 0.15) is 0 Å². The maximum Gasteiger partial charge on any atom is 0.0487 e. The summed E-state index contributed by atoms with van der Waals surface area (Å²) >= 11 is 6.44. The van der Waals surface area contributed by atoms with Gasteiger partial charge in [0, 0.05) is 16.5 Å². The van der Waals surface area contributed by atoms with E-state index in [1.807, 2.05) is 7.05 Å². The minimum Gasteiger partial charge on any atom is -0.313 e. The summed E-state index contributed by atoms with van der Waals surface area (Å²) in [6, 6.07) is 11.1. The second kappa shape index (κ2) is 4.91. The van der Waals surface area contributed by atoms with Gasteiger partial charge in [-0.2, -0.15) is 0 Å². The SMILES string of the molecule is CNC1CCCCc2c1cc(Cl)c1ccccc21. The Labute approximate surface area is 113 Å². The first-order chi connectivity index (χ1) is 8.81. The van der Waals surface area contributed by atoms with E-state index < -0.39 is 0 Å². The zero-order chi connectivity index (χ0) is 12.5. The smallest absolute Gasteiger partial charge is 0.0487 e. The Morgan fingerprint density at radius 3 is 2.72 bits per heavy atom. The molecule has 2 aromatic carbocycles. The van der Waals surface area contributed by atoms with Crippen LogP contribution < -0.4 is 5.32 Å². The Kier molecular flexibility index (Phi) is 3.27. The molecule has 2 heteroatoms. The van der Waals surface area contributed by atoms with Crippen LogP contribution in [-0.2, 0) is 6.42 Å². The monoisotopic (exact) mass is 259 g/mol. The summed E-state index contributed by atoms with van der Waals surface area (Å²) in [4.78, 5) is 0. The van der Waals surface area contributed by atoms with Gasteiger partial charge in [-0.25, -0.2) is 0 Å². The molecule has 94 valence electrons. The molecule has 0 bridgehead atoms. The molecule has 1 N–H and O–H groups in total. The second-order valence-electron chi connectivity index (χ2n) is 5.06. The largest absolute Gasteiger partial charge is 0.313 e. The summed E-state index contributed by atoms with van der Waals surface area (Å²) in [6.07, 6.45) is 4.94. The number of halogens is 1. The van der Waals surface area contributed by atoms with Crippen LogP contribution in [0, 0.1) is 0 Å². The van der Waals surface area contributed by atoms with Crippen LogP contribution in [0.3, 0.4) is 0 Å². The molecule has 0 aliphatic heterocycles. The molecule has 0 saturated heterocycles. The first-order valence-corrected chi connectivity index (χ1v) is 7.06. The molecule has 0 fully saturated rings. The van der Waals surface area contributed by atoms with Gasteiger partial charge in [-0.15, -0.1) is 0 Å². The van der Waals surface area contributed by atoms with Crippen LogP contribution in [0.25, 0.3) is 10.8 Å². The fourth-order valence-corrected chi connectivity index (χ4v) is 3.39.